The lowest BCUT2D eigenvalue weighted by molar-refractivity contribution is 0.248. The van der Waals surface area contributed by atoms with Crippen molar-refractivity contribution in [2.45, 2.75) is 31.8 Å². The Labute approximate surface area is 115 Å². The summed E-state index contributed by atoms with van der Waals surface area (Å²) in [6, 6.07) is 8.26. The van der Waals surface area contributed by atoms with Crippen molar-refractivity contribution in [2.24, 2.45) is 0 Å². The first-order valence-electron chi connectivity index (χ1n) is 6.83. The lowest BCUT2D eigenvalue weighted by Crippen LogP contribution is -2.47. The Morgan fingerprint density at radius 1 is 1.37 bits per heavy atom. The second-order valence-corrected chi connectivity index (χ2v) is 5.70. The van der Waals surface area contributed by atoms with Crippen molar-refractivity contribution >= 4 is 5.69 Å². The molecule has 1 atom stereocenters. The molecule has 0 amide bonds. The summed E-state index contributed by atoms with van der Waals surface area (Å²) in [7, 11) is 1.68. The number of hydrogen-bond donors (Lipinski definition) is 2. The monoisotopic (exact) mass is 264 g/mol. The predicted octanol–water partition coefficient (Wildman–Crippen LogP) is 1.63. The van der Waals surface area contributed by atoms with Crippen LogP contribution >= 0.6 is 0 Å². The van der Waals surface area contributed by atoms with E-state index in [4.69, 9.17) is 4.74 Å². The van der Waals surface area contributed by atoms with Crippen molar-refractivity contribution < 1.29 is 9.84 Å². The van der Waals surface area contributed by atoms with E-state index < -0.39 is 0 Å². The van der Waals surface area contributed by atoms with E-state index in [9.17, 15) is 5.11 Å². The molecule has 0 spiro atoms. The third-order valence-electron chi connectivity index (χ3n) is 3.91. The zero-order valence-corrected chi connectivity index (χ0v) is 12.0. The van der Waals surface area contributed by atoms with Crippen LogP contribution in [-0.4, -0.2) is 43.5 Å². The first kappa shape index (κ1) is 14.2. The smallest absolute Gasteiger partial charge is 0.119 e. The maximum absolute atomic E-state index is 9.42. The number of nitrogens with one attached hydrogen (secondary N) is 1. The van der Waals surface area contributed by atoms with Crippen molar-refractivity contribution in [3.63, 3.8) is 0 Å². The average Bonchev–Trinajstić information content (AvgIpc) is 2.57. The van der Waals surface area contributed by atoms with Crippen molar-refractivity contribution in [2.75, 3.05) is 31.7 Å². The van der Waals surface area contributed by atoms with E-state index in [0.717, 1.165) is 25.3 Å². The number of benzene rings is 1. The van der Waals surface area contributed by atoms with E-state index in [-0.39, 0.29) is 18.2 Å². The molecule has 0 saturated carbocycles. The average molecular weight is 264 g/mol. The number of rotatable bonds is 3. The topological polar surface area (TPSA) is 44.7 Å². The lowest BCUT2D eigenvalue weighted by atomic mass is 9.97. The Hall–Kier alpha value is -1.26. The SMILES string of the molecule is COc1ccc(N2CC(CO)NCCC2(C)C)cc1. The maximum Gasteiger partial charge on any atom is 0.119 e. The number of hydrogen-bond acceptors (Lipinski definition) is 4. The minimum absolute atomic E-state index is 0.0749. The van der Waals surface area contributed by atoms with Gasteiger partial charge in [-0.15, -0.1) is 0 Å². The molecule has 1 aliphatic heterocycles. The van der Waals surface area contributed by atoms with E-state index in [1.807, 2.05) is 12.1 Å². The molecule has 0 radical (unpaired) electrons. The molecule has 0 aromatic heterocycles. The summed E-state index contributed by atoms with van der Waals surface area (Å²) in [5.41, 5.74) is 1.25. The Morgan fingerprint density at radius 3 is 2.63 bits per heavy atom. The van der Waals surface area contributed by atoms with Gasteiger partial charge in [0.25, 0.3) is 0 Å². The summed E-state index contributed by atoms with van der Waals surface area (Å²) >= 11 is 0. The van der Waals surface area contributed by atoms with Gasteiger partial charge >= 0.3 is 0 Å². The normalized spacial score (nSPS) is 22.9. The number of aliphatic hydroxyl groups excluding tert-OH is 1. The van der Waals surface area contributed by atoms with E-state index in [2.05, 4.69) is 36.2 Å². The molecule has 106 valence electrons. The zero-order chi connectivity index (χ0) is 13.9. The predicted molar refractivity (Wildman–Crippen MR) is 77.9 cm³/mol. The van der Waals surface area contributed by atoms with E-state index in [1.54, 1.807) is 7.11 Å². The quantitative estimate of drug-likeness (QED) is 0.871. The van der Waals surface area contributed by atoms with Crippen molar-refractivity contribution in [3.05, 3.63) is 24.3 Å². The van der Waals surface area contributed by atoms with Crippen LogP contribution in [0, 0.1) is 0 Å². The van der Waals surface area contributed by atoms with E-state index in [1.165, 1.54) is 5.69 Å². The fraction of sp³-hybridized carbons (Fsp3) is 0.600. The van der Waals surface area contributed by atoms with Gasteiger partial charge in [0.15, 0.2) is 0 Å². The van der Waals surface area contributed by atoms with Gasteiger partial charge in [-0.2, -0.15) is 0 Å². The number of methoxy groups -OCH3 is 1. The molecule has 2 N–H and O–H groups in total. The molecule has 0 aliphatic carbocycles. The largest absolute Gasteiger partial charge is 0.497 e. The van der Waals surface area contributed by atoms with Crippen LogP contribution in [0.1, 0.15) is 20.3 Å². The number of nitrogens with zero attached hydrogens (tertiary/aromatic N) is 1. The van der Waals surface area contributed by atoms with Gasteiger partial charge in [0.05, 0.1) is 13.7 Å². The molecule has 1 fully saturated rings. The van der Waals surface area contributed by atoms with E-state index in [0.29, 0.717) is 0 Å². The van der Waals surface area contributed by atoms with Crippen LogP contribution < -0.4 is 15.0 Å². The van der Waals surface area contributed by atoms with Crippen molar-refractivity contribution in [3.8, 4) is 5.75 Å². The van der Waals surface area contributed by atoms with Crippen LogP contribution in [0.2, 0.25) is 0 Å². The summed E-state index contributed by atoms with van der Waals surface area (Å²) in [5.74, 6) is 0.869. The molecule has 1 aliphatic rings. The molecule has 1 saturated heterocycles. The van der Waals surface area contributed by atoms with Gasteiger partial charge in [0.2, 0.25) is 0 Å². The number of aliphatic hydroxyl groups is 1. The van der Waals surface area contributed by atoms with Crippen LogP contribution in [0.5, 0.6) is 5.75 Å². The molecule has 19 heavy (non-hydrogen) atoms. The van der Waals surface area contributed by atoms with Gasteiger partial charge in [-0.1, -0.05) is 0 Å². The highest BCUT2D eigenvalue weighted by Gasteiger charge is 2.31. The molecule has 0 bridgehead atoms. The molecular formula is C15H24N2O2. The molecule has 1 unspecified atom stereocenters. The highest BCUT2D eigenvalue weighted by atomic mass is 16.5. The Kier molecular flexibility index (Phi) is 4.32. The second kappa shape index (κ2) is 5.80. The van der Waals surface area contributed by atoms with Gasteiger partial charge in [0.1, 0.15) is 5.75 Å². The van der Waals surface area contributed by atoms with Crippen LogP contribution in [0.25, 0.3) is 0 Å². The minimum Gasteiger partial charge on any atom is -0.497 e. The Balaban J connectivity index is 2.25. The third kappa shape index (κ3) is 3.19. The van der Waals surface area contributed by atoms with Crippen molar-refractivity contribution in [1.82, 2.24) is 5.32 Å². The first-order valence-corrected chi connectivity index (χ1v) is 6.83. The molecule has 1 heterocycles. The highest BCUT2D eigenvalue weighted by Crippen LogP contribution is 2.29. The Bertz CT molecular complexity index is 403. The van der Waals surface area contributed by atoms with Gasteiger partial charge in [-0.3, -0.25) is 0 Å². The van der Waals surface area contributed by atoms with Crippen LogP contribution in [-0.2, 0) is 0 Å². The van der Waals surface area contributed by atoms with Gasteiger partial charge in [-0.25, -0.2) is 0 Å². The number of ether oxygens (including phenoxy) is 1. The molecule has 4 heteroatoms. The Morgan fingerprint density at radius 2 is 2.05 bits per heavy atom. The van der Waals surface area contributed by atoms with Crippen LogP contribution in [0.3, 0.4) is 0 Å². The summed E-state index contributed by atoms with van der Waals surface area (Å²) < 4.78 is 5.20. The summed E-state index contributed by atoms with van der Waals surface area (Å²) in [6.45, 7) is 6.42. The van der Waals surface area contributed by atoms with Gasteiger partial charge < -0.3 is 20.1 Å². The van der Waals surface area contributed by atoms with Gasteiger partial charge in [0, 0.05) is 23.8 Å². The molecule has 1 aromatic rings. The fourth-order valence-corrected chi connectivity index (χ4v) is 2.59. The molecule has 1 aromatic carbocycles. The van der Waals surface area contributed by atoms with Crippen LogP contribution in [0.4, 0.5) is 5.69 Å². The molecule has 4 nitrogen and oxygen atoms in total. The van der Waals surface area contributed by atoms with Gasteiger partial charge in [-0.05, 0) is 51.1 Å². The maximum atomic E-state index is 9.42. The zero-order valence-electron chi connectivity index (χ0n) is 12.0. The fourth-order valence-electron chi connectivity index (χ4n) is 2.59. The third-order valence-corrected chi connectivity index (χ3v) is 3.91. The first-order chi connectivity index (χ1) is 9.06. The highest BCUT2D eigenvalue weighted by molar-refractivity contribution is 5.51. The van der Waals surface area contributed by atoms with Crippen LogP contribution in [0.15, 0.2) is 24.3 Å². The van der Waals surface area contributed by atoms with Crippen molar-refractivity contribution in [1.29, 1.82) is 0 Å². The lowest BCUT2D eigenvalue weighted by Gasteiger charge is -2.39. The summed E-state index contributed by atoms with van der Waals surface area (Å²) in [6.07, 6.45) is 1.05. The molecule has 2 rings (SSSR count). The van der Waals surface area contributed by atoms with E-state index >= 15 is 0 Å². The molecular weight excluding hydrogens is 240 g/mol. The summed E-state index contributed by atoms with van der Waals surface area (Å²) in [5, 5.41) is 12.8. The summed E-state index contributed by atoms with van der Waals surface area (Å²) in [4.78, 5) is 2.37. The minimum atomic E-state index is 0.0749. The number of anilines is 1. The second-order valence-electron chi connectivity index (χ2n) is 5.70. The standard InChI is InChI=1S/C15H24N2O2/c1-15(2)8-9-16-12(11-18)10-17(15)13-4-6-14(19-3)7-5-13/h4-7,12,16,18H,8-11H2,1-3H3.